The fourth-order valence-electron chi connectivity index (χ4n) is 2.96. The molecule has 1 aromatic heterocycles. The van der Waals surface area contributed by atoms with Crippen LogP contribution < -0.4 is 10.1 Å². The highest BCUT2D eigenvalue weighted by atomic mass is 16.5. The molecule has 0 unspecified atom stereocenters. The average Bonchev–Trinajstić information content (AvgIpc) is 3.43. The second kappa shape index (κ2) is 8.68. The molecule has 4 rings (SSSR count). The van der Waals surface area contributed by atoms with Crippen molar-refractivity contribution in [3.05, 3.63) is 58.8 Å². The molecule has 1 heterocycles. The topological polar surface area (TPSA) is 64.5 Å². The summed E-state index contributed by atoms with van der Waals surface area (Å²) in [4.78, 5) is 7.43. The zero-order valence-corrected chi connectivity index (χ0v) is 16.6. The molecule has 0 bridgehead atoms. The number of ether oxygens (including phenoxy) is 1. The number of aromatic nitrogens is 2. The zero-order chi connectivity index (χ0) is 30.8. The van der Waals surface area contributed by atoms with E-state index in [-0.39, 0.29) is 40.9 Å². The van der Waals surface area contributed by atoms with Crippen LogP contribution in [-0.4, -0.2) is 22.7 Å². The standard InChI is InChI=1S/C24H26N4O2/c1-5-13-26-20-11-10-17-18(20)7-6-8-19(17)23-27-24(30-28-23)16-9-12-22(29-15(2)3)21(14-16)25-4/h6-9,12,14-15,20,26H,5,10-11,13H2,1-3H3/t20-/m0/s1/i6D,7D,8D,9D,10D2,12D,13D2,14D,15D. The van der Waals surface area contributed by atoms with Crippen LogP contribution in [0.3, 0.4) is 0 Å². The maximum absolute atomic E-state index is 8.68. The smallest absolute Gasteiger partial charge is 0.256 e. The van der Waals surface area contributed by atoms with Crippen molar-refractivity contribution < 1.29 is 24.3 Å². The third-order valence-corrected chi connectivity index (χ3v) is 4.23. The first kappa shape index (κ1) is 10.7. The highest BCUT2D eigenvalue weighted by Gasteiger charge is 2.26. The Balaban J connectivity index is 1.94. The summed E-state index contributed by atoms with van der Waals surface area (Å²) in [5.41, 5.74) is -1.26. The number of rotatable bonds is 7. The van der Waals surface area contributed by atoms with Crippen LogP contribution in [0.25, 0.3) is 27.7 Å². The molecule has 1 aliphatic carbocycles. The Kier molecular flexibility index (Phi) is 3.11. The van der Waals surface area contributed by atoms with Crippen molar-refractivity contribution in [2.45, 2.75) is 52.1 Å². The van der Waals surface area contributed by atoms with Gasteiger partial charge in [-0.05, 0) is 68.8 Å². The monoisotopic (exact) mass is 413 g/mol. The van der Waals surface area contributed by atoms with Gasteiger partial charge < -0.3 is 14.6 Å². The van der Waals surface area contributed by atoms with Gasteiger partial charge in [0.25, 0.3) is 5.89 Å². The molecule has 1 aliphatic rings. The van der Waals surface area contributed by atoms with Crippen LogP contribution in [0.1, 0.15) is 65.9 Å². The Bertz CT molecular complexity index is 1590. The number of hydrogen-bond acceptors (Lipinski definition) is 5. The first-order valence-electron chi connectivity index (χ1n) is 14.8. The first-order chi connectivity index (χ1) is 18.8. The molecular weight excluding hydrogens is 376 g/mol. The highest BCUT2D eigenvalue weighted by Crippen LogP contribution is 2.38. The number of fused-ring (bicyclic) bond motifs is 1. The number of hydrogen-bond donors (Lipinski definition) is 1. The van der Waals surface area contributed by atoms with Gasteiger partial charge in [0, 0.05) is 24.0 Å². The summed E-state index contributed by atoms with van der Waals surface area (Å²) in [6.07, 6.45) is -3.98. The lowest BCUT2D eigenvalue weighted by Gasteiger charge is -2.13. The van der Waals surface area contributed by atoms with Gasteiger partial charge in [0.15, 0.2) is 0 Å². The predicted molar refractivity (Wildman–Crippen MR) is 117 cm³/mol. The minimum atomic E-state index is -2.18. The minimum absolute atomic E-state index is 0.000262. The molecule has 0 aliphatic heterocycles. The van der Waals surface area contributed by atoms with Crippen molar-refractivity contribution in [2.24, 2.45) is 0 Å². The van der Waals surface area contributed by atoms with E-state index in [0.29, 0.717) is 0 Å². The molecular formula is C24H26N4O2. The summed E-state index contributed by atoms with van der Waals surface area (Å²) < 4.78 is 103. The number of benzene rings is 2. The van der Waals surface area contributed by atoms with Gasteiger partial charge in [-0.2, -0.15) is 4.98 Å². The summed E-state index contributed by atoms with van der Waals surface area (Å²) >= 11 is 0. The van der Waals surface area contributed by atoms with Gasteiger partial charge in [-0.1, -0.05) is 30.2 Å². The van der Waals surface area contributed by atoms with Crippen LogP contribution in [0.2, 0.25) is 0 Å². The molecule has 0 radical (unpaired) electrons. The zero-order valence-electron chi connectivity index (χ0n) is 27.6. The molecule has 0 saturated heterocycles. The molecule has 30 heavy (non-hydrogen) atoms. The largest absolute Gasteiger partial charge is 0.502 e. The molecule has 1 N–H and O–H groups in total. The van der Waals surface area contributed by atoms with Crippen molar-refractivity contribution in [3.8, 4) is 28.6 Å². The van der Waals surface area contributed by atoms with Crippen LogP contribution in [0.5, 0.6) is 5.75 Å². The number of nitrogens with one attached hydrogen (secondary N) is 1. The molecule has 154 valence electrons. The second-order valence-corrected chi connectivity index (χ2v) is 6.62. The molecule has 6 nitrogen and oxygen atoms in total. The van der Waals surface area contributed by atoms with E-state index >= 15 is 0 Å². The highest BCUT2D eigenvalue weighted by molar-refractivity contribution is 5.70. The average molecular weight is 414 g/mol. The van der Waals surface area contributed by atoms with Gasteiger partial charge in [0.1, 0.15) is 5.75 Å². The van der Waals surface area contributed by atoms with E-state index in [1.807, 2.05) is 0 Å². The van der Waals surface area contributed by atoms with Crippen LogP contribution >= 0.6 is 0 Å². The molecule has 0 spiro atoms. The van der Waals surface area contributed by atoms with E-state index < -0.39 is 78.6 Å². The van der Waals surface area contributed by atoms with Crippen molar-refractivity contribution in [1.82, 2.24) is 15.5 Å². The van der Waals surface area contributed by atoms with E-state index in [0.717, 1.165) is 0 Å². The Morgan fingerprint density at radius 1 is 1.47 bits per heavy atom. The molecule has 3 aromatic rings. The lowest BCUT2D eigenvalue weighted by atomic mass is 10.0. The van der Waals surface area contributed by atoms with Crippen LogP contribution in [0.4, 0.5) is 5.69 Å². The summed E-state index contributed by atoms with van der Waals surface area (Å²) in [6.45, 7) is 9.93. The molecule has 0 saturated carbocycles. The minimum Gasteiger partial charge on any atom is -0.502 e. The maximum Gasteiger partial charge on any atom is 0.256 e. The van der Waals surface area contributed by atoms with Crippen molar-refractivity contribution in [3.63, 3.8) is 0 Å². The second-order valence-electron chi connectivity index (χ2n) is 6.62. The van der Waals surface area contributed by atoms with E-state index in [4.69, 9.17) is 30.9 Å². The Morgan fingerprint density at radius 3 is 3.10 bits per heavy atom. The first-order valence-corrected chi connectivity index (χ1v) is 9.31. The van der Waals surface area contributed by atoms with Gasteiger partial charge >= 0.3 is 0 Å². The van der Waals surface area contributed by atoms with Crippen molar-refractivity contribution in [2.75, 3.05) is 6.50 Å². The lowest BCUT2D eigenvalue weighted by Crippen LogP contribution is -2.19. The molecule has 0 amide bonds. The quantitative estimate of drug-likeness (QED) is 0.501. The predicted octanol–water partition coefficient (Wildman–Crippen LogP) is 5.73. The fraction of sp³-hybridized carbons (Fsp3) is 0.375. The third kappa shape index (κ3) is 3.94. The lowest BCUT2D eigenvalue weighted by molar-refractivity contribution is 0.244. The van der Waals surface area contributed by atoms with Gasteiger partial charge in [0.05, 0.1) is 20.9 Å². The molecule has 1 atom stereocenters. The Hall–Kier alpha value is -3.17. The molecule has 0 fully saturated rings. The Labute approximate surface area is 192 Å². The van der Waals surface area contributed by atoms with Crippen molar-refractivity contribution >= 4 is 5.69 Å². The Morgan fingerprint density at radius 2 is 2.33 bits per heavy atom. The van der Waals surface area contributed by atoms with Crippen molar-refractivity contribution in [1.29, 1.82) is 0 Å². The van der Waals surface area contributed by atoms with Gasteiger partial charge in [-0.25, -0.2) is 4.85 Å². The van der Waals surface area contributed by atoms with Crippen LogP contribution in [0.15, 0.2) is 40.8 Å². The SMILES string of the molecule is [2H]c1c([2H])c(-c2noc(-c3c([2H])c([2H])c(OC([2H])(C)C)c([N+]#[C-])c3[2H])n2)c2c(c1[2H])[C@@H](NC([2H])([2H])CC)CC2([2H])[2H]. The van der Waals surface area contributed by atoms with E-state index in [2.05, 4.69) is 20.3 Å². The summed E-state index contributed by atoms with van der Waals surface area (Å²) in [5, 5.41) is 6.53. The molecule has 2 aromatic carbocycles. The van der Waals surface area contributed by atoms with Gasteiger partial charge in [-0.3, -0.25) is 0 Å². The summed E-state index contributed by atoms with van der Waals surface area (Å²) in [6, 6.07) is -4.31. The maximum atomic E-state index is 8.68. The summed E-state index contributed by atoms with van der Waals surface area (Å²) in [5.74, 6) is -1.27. The van der Waals surface area contributed by atoms with Gasteiger partial charge in [-0.15, -0.1) is 0 Å². The van der Waals surface area contributed by atoms with E-state index in [9.17, 15) is 0 Å². The van der Waals surface area contributed by atoms with Crippen LogP contribution in [-0.2, 0) is 6.37 Å². The van der Waals surface area contributed by atoms with Crippen LogP contribution in [0, 0.1) is 6.57 Å². The third-order valence-electron chi connectivity index (χ3n) is 4.23. The normalized spacial score (nSPS) is 23.0. The van der Waals surface area contributed by atoms with Gasteiger partial charge in [0.2, 0.25) is 11.5 Å². The fourth-order valence-corrected chi connectivity index (χ4v) is 2.96. The van der Waals surface area contributed by atoms with E-state index in [1.54, 1.807) is 6.92 Å². The van der Waals surface area contributed by atoms with E-state index in [1.165, 1.54) is 13.8 Å². The molecule has 6 heteroatoms. The summed E-state index contributed by atoms with van der Waals surface area (Å²) in [7, 11) is 0. The number of nitrogens with zero attached hydrogens (tertiary/aromatic N) is 3.